The molecule has 0 fully saturated rings. The largest absolute Gasteiger partial charge is 0.396 e. The SMILES string of the molecule is CC(CCO)SCc1cccc(NN)n1. The summed E-state index contributed by atoms with van der Waals surface area (Å²) in [4.78, 5) is 4.30. The van der Waals surface area contributed by atoms with Crippen LogP contribution in [-0.4, -0.2) is 21.9 Å². The summed E-state index contributed by atoms with van der Waals surface area (Å²) in [7, 11) is 0. The molecule has 1 aromatic heterocycles. The molecule has 15 heavy (non-hydrogen) atoms. The smallest absolute Gasteiger partial charge is 0.140 e. The Hall–Kier alpha value is -0.780. The maximum atomic E-state index is 8.76. The highest BCUT2D eigenvalue weighted by atomic mass is 32.2. The average molecular weight is 227 g/mol. The molecule has 1 unspecified atom stereocenters. The number of aliphatic hydroxyl groups excluding tert-OH is 1. The molecule has 0 aliphatic rings. The van der Waals surface area contributed by atoms with Gasteiger partial charge in [-0.05, 0) is 18.6 Å². The molecule has 0 aliphatic heterocycles. The van der Waals surface area contributed by atoms with Gasteiger partial charge >= 0.3 is 0 Å². The fourth-order valence-corrected chi connectivity index (χ4v) is 2.02. The summed E-state index contributed by atoms with van der Waals surface area (Å²) < 4.78 is 0. The lowest BCUT2D eigenvalue weighted by molar-refractivity contribution is 0.289. The number of aliphatic hydroxyl groups is 1. The van der Waals surface area contributed by atoms with E-state index in [9.17, 15) is 0 Å². The number of hydrazine groups is 1. The van der Waals surface area contributed by atoms with Crippen LogP contribution < -0.4 is 11.3 Å². The Labute approximate surface area is 94.3 Å². The van der Waals surface area contributed by atoms with Crippen LogP contribution in [0.2, 0.25) is 0 Å². The van der Waals surface area contributed by atoms with Crippen LogP contribution in [0, 0.1) is 0 Å². The molecule has 0 saturated heterocycles. The van der Waals surface area contributed by atoms with Crippen molar-refractivity contribution in [2.24, 2.45) is 5.84 Å². The minimum absolute atomic E-state index is 0.242. The molecule has 0 spiro atoms. The molecule has 1 aromatic rings. The molecule has 84 valence electrons. The number of rotatable bonds is 6. The van der Waals surface area contributed by atoms with Crippen molar-refractivity contribution in [3.8, 4) is 0 Å². The first kappa shape index (κ1) is 12.3. The molecule has 1 heterocycles. The van der Waals surface area contributed by atoms with Crippen molar-refractivity contribution in [1.29, 1.82) is 0 Å². The van der Waals surface area contributed by atoms with E-state index < -0.39 is 0 Å². The number of aromatic nitrogens is 1. The molecule has 0 amide bonds. The van der Waals surface area contributed by atoms with Gasteiger partial charge in [0.15, 0.2) is 0 Å². The van der Waals surface area contributed by atoms with Gasteiger partial charge in [0.25, 0.3) is 0 Å². The summed E-state index contributed by atoms with van der Waals surface area (Å²) in [6, 6.07) is 5.72. The molecule has 5 heteroatoms. The van der Waals surface area contributed by atoms with Gasteiger partial charge in [-0.1, -0.05) is 13.0 Å². The van der Waals surface area contributed by atoms with Gasteiger partial charge in [0.1, 0.15) is 5.82 Å². The second kappa shape index (κ2) is 6.66. The lowest BCUT2D eigenvalue weighted by Gasteiger charge is -2.09. The van der Waals surface area contributed by atoms with Crippen LogP contribution in [0.5, 0.6) is 0 Å². The van der Waals surface area contributed by atoms with E-state index in [-0.39, 0.29) is 6.61 Å². The number of nitrogens with zero attached hydrogens (tertiary/aromatic N) is 1. The van der Waals surface area contributed by atoms with Crippen molar-refractivity contribution in [3.05, 3.63) is 23.9 Å². The Morgan fingerprint density at radius 1 is 1.60 bits per heavy atom. The Kier molecular flexibility index (Phi) is 5.45. The molecular formula is C10H17N3OS. The highest BCUT2D eigenvalue weighted by Crippen LogP contribution is 2.19. The number of hydrogen-bond acceptors (Lipinski definition) is 5. The lowest BCUT2D eigenvalue weighted by Crippen LogP contribution is -2.09. The normalized spacial score (nSPS) is 12.5. The number of pyridine rings is 1. The van der Waals surface area contributed by atoms with Gasteiger partial charge in [0.2, 0.25) is 0 Å². The number of hydrogen-bond donors (Lipinski definition) is 3. The zero-order valence-corrected chi connectivity index (χ0v) is 9.63. The Bertz CT molecular complexity index is 296. The van der Waals surface area contributed by atoms with Crippen molar-refractivity contribution in [3.63, 3.8) is 0 Å². The first-order valence-corrected chi connectivity index (χ1v) is 5.96. The monoisotopic (exact) mass is 227 g/mol. The van der Waals surface area contributed by atoms with Gasteiger partial charge in [-0.2, -0.15) is 11.8 Å². The molecule has 1 atom stereocenters. The van der Waals surface area contributed by atoms with Crippen LogP contribution in [0.25, 0.3) is 0 Å². The molecule has 1 rings (SSSR count). The van der Waals surface area contributed by atoms with Crippen molar-refractivity contribution in [1.82, 2.24) is 4.98 Å². The predicted molar refractivity (Wildman–Crippen MR) is 64.5 cm³/mol. The van der Waals surface area contributed by atoms with E-state index in [1.54, 1.807) is 11.8 Å². The van der Waals surface area contributed by atoms with E-state index in [4.69, 9.17) is 10.9 Å². The second-order valence-corrected chi connectivity index (χ2v) is 4.72. The molecule has 0 saturated carbocycles. The molecule has 0 aromatic carbocycles. The zero-order chi connectivity index (χ0) is 11.1. The molecule has 0 radical (unpaired) electrons. The van der Waals surface area contributed by atoms with Crippen molar-refractivity contribution in [2.75, 3.05) is 12.0 Å². The lowest BCUT2D eigenvalue weighted by atomic mass is 10.3. The van der Waals surface area contributed by atoms with Crippen LogP contribution in [-0.2, 0) is 5.75 Å². The number of anilines is 1. The Balaban J connectivity index is 2.43. The van der Waals surface area contributed by atoms with Crippen molar-refractivity contribution < 1.29 is 5.11 Å². The Morgan fingerprint density at radius 3 is 3.07 bits per heavy atom. The van der Waals surface area contributed by atoms with Crippen molar-refractivity contribution in [2.45, 2.75) is 24.3 Å². The maximum absolute atomic E-state index is 8.76. The van der Waals surface area contributed by atoms with Crippen molar-refractivity contribution >= 4 is 17.6 Å². The third-order valence-corrected chi connectivity index (χ3v) is 3.27. The van der Waals surface area contributed by atoms with Gasteiger partial charge in [0, 0.05) is 17.6 Å². The topological polar surface area (TPSA) is 71.2 Å². The summed E-state index contributed by atoms with van der Waals surface area (Å²) in [6.45, 7) is 2.35. The first-order valence-electron chi connectivity index (χ1n) is 4.91. The fourth-order valence-electron chi connectivity index (χ4n) is 1.13. The standard InChI is InChI=1S/C10H17N3OS/c1-8(5-6-14)15-7-9-3-2-4-10(12-9)13-11/h2-4,8,14H,5-7,11H2,1H3,(H,12,13). The van der Waals surface area contributed by atoms with E-state index in [0.717, 1.165) is 17.9 Å². The zero-order valence-electron chi connectivity index (χ0n) is 8.81. The summed E-state index contributed by atoms with van der Waals surface area (Å²) in [5.41, 5.74) is 3.52. The third-order valence-electron chi connectivity index (χ3n) is 2.01. The minimum Gasteiger partial charge on any atom is -0.396 e. The molecular weight excluding hydrogens is 210 g/mol. The molecule has 4 nitrogen and oxygen atoms in total. The maximum Gasteiger partial charge on any atom is 0.140 e. The van der Waals surface area contributed by atoms with Crippen LogP contribution >= 0.6 is 11.8 Å². The Morgan fingerprint density at radius 2 is 2.40 bits per heavy atom. The summed E-state index contributed by atoms with van der Waals surface area (Å²) in [6.07, 6.45) is 0.819. The van der Waals surface area contributed by atoms with Gasteiger partial charge in [-0.15, -0.1) is 0 Å². The van der Waals surface area contributed by atoms with E-state index >= 15 is 0 Å². The summed E-state index contributed by atoms with van der Waals surface area (Å²) >= 11 is 1.78. The molecule has 0 bridgehead atoms. The third kappa shape index (κ3) is 4.51. The summed E-state index contributed by atoms with van der Waals surface area (Å²) in [5, 5.41) is 9.21. The number of nitrogens with one attached hydrogen (secondary N) is 1. The van der Waals surface area contributed by atoms with Gasteiger partial charge in [0.05, 0.1) is 5.69 Å². The summed E-state index contributed by atoms with van der Waals surface area (Å²) in [5.74, 6) is 6.80. The van der Waals surface area contributed by atoms with E-state index in [1.807, 2.05) is 18.2 Å². The minimum atomic E-state index is 0.242. The predicted octanol–water partition coefficient (Wildman–Crippen LogP) is 1.37. The number of nitrogen functional groups attached to an aromatic ring is 1. The molecule has 4 N–H and O–H groups in total. The van der Waals surface area contributed by atoms with Gasteiger partial charge in [-0.3, -0.25) is 0 Å². The van der Waals surface area contributed by atoms with Crippen LogP contribution in [0.4, 0.5) is 5.82 Å². The van der Waals surface area contributed by atoms with E-state index in [1.165, 1.54) is 0 Å². The van der Waals surface area contributed by atoms with Gasteiger partial charge < -0.3 is 10.5 Å². The second-order valence-electron chi connectivity index (χ2n) is 3.29. The first-order chi connectivity index (χ1) is 7.26. The average Bonchev–Trinajstić information content (AvgIpc) is 2.27. The van der Waals surface area contributed by atoms with Crippen LogP contribution in [0.1, 0.15) is 19.0 Å². The van der Waals surface area contributed by atoms with Gasteiger partial charge in [-0.25, -0.2) is 10.8 Å². The van der Waals surface area contributed by atoms with E-state index in [0.29, 0.717) is 11.1 Å². The highest BCUT2D eigenvalue weighted by molar-refractivity contribution is 7.99. The van der Waals surface area contributed by atoms with Crippen LogP contribution in [0.3, 0.4) is 0 Å². The highest BCUT2D eigenvalue weighted by Gasteiger charge is 2.03. The fraction of sp³-hybridized carbons (Fsp3) is 0.500. The van der Waals surface area contributed by atoms with Crippen LogP contribution in [0.15, 0.2) is 18.2 Å². The number of nitrogens with two attached hydrogens (primary N) is 1. The molecule has 0 aliphatic carbocycles. The number of thioether (sulfide) groups is 1. The quantitative estimate of drug-likeness (QED) is 0.506. The van der Waals surface area contributed by atoms with E-state index in [2.05, 4.69) is 17.3 Å².